The number of alkyl carbamates (subject to hydrolysis) is 1. The molecule has 0 aliphatic carbocycles. The average Bonchev–Trinajstić information content (AvgIpc) is 3.42. The zero-order chi connectivity index (χ0) is 43.0. The van der Waals surface area contributed by atoms with Crippen molar-refractivity contribution in [2.75, 3.05) is 27.2 Å². The monoisotopic (exact) mass is 820 g/mol. The number of amides is 2. The largest absolute Gasteiger partial charge is 0.458 e. The molecule has 322 valence electrons. The van der Waals surface area contributed by atoms with E-state index in [9.17, 15) is 37.9 Å². The number of aliphatic hydroxyl groups is 1. The molecule has 4 saturated heterocycles. The number of rotatable bonds is 6. The van der Waals surface area contributed by atoms with Gasteiger partial charge in [-0.3, -0.25) is 24.3 Å². The van der Waals surface area contributed by atoms with Crippen LogP contribution in [0.3, 0.4) is 0 Å². The maximum Gasteiger partial charge on any atom is 0.411 e. The quantitative estimate of drug-likeness (QED) is 0.238. The first-order chi connectivity index (χ1) is 27.1. The standard InChI is InChI=1S/C41H58F2N4O11/c1-11-30-41(8)34-22(4)31(48)20(2)16-40(7,35(23(5)32(49)24(6)36(51)55-30)56-37-33(50)29(46(9)10)14-21(3)54-37)57-38(52)45-18-26(19-47(34)39(53)58-41)44-17-25-12-13-27(42)28(43)15-25/h12-13,15,20-24,29-30,33-35,37,50H,11,14,16-19H2,1-10H3,(H,45,52)/t20-,21-,22+,23+,24-,29+,30-,33-,34+,35-,37+,40-,41-/m1/s1. The summed E-state index contributed by atoms with van der Waals surface area (Å²) in [6, 6.07) is 1.83. The predicted octanol–water partition coefficient (Wildman–Crippen LogP) is 4.20. The van der Waals surface area contributed by atoms with Gasteiger partial charge in [0.05, 0.1) is 37.5 Å². The van der Waals surface area contributed by atoms with E-state index in [1.54, 1.807) is 41.8 Å². The van der Waals surface area contributed by atoms with E-state index in [4.69, 9.17) is 23.7 Å². The molecule has 4 aliphatic rings. The molecule has 4 fully saturated rings. The number of cyclic esters (lactones) is 1. The van der Waals surface area contributed by atoms with Crippen molar-refractivity contribution in [3.63, 3.8) is 0 Å². The summed E-state index contributed by atoms with van der Waals surface area (Å²) in [5.74, 6) is -8.45. The maximum atomic E-state index is 14.7. The molecular weight excluding hydrogens is 762 g/mol. The summed E-state index contributed by atoms with van der Waals surface area (Å²) < 4.78 is 58.9. The second-order valence-electron chi connectivity index (χ2n) is 17.0. The number of benzene rings is 1. The van der Waals surface area contributed by atoms with Crippen molar-refractivity contribution >= 4 is 35.4 Å². The summed E-state index contributed by atoms with van der Waals surface area (Å²) in [4.78, 5) is 78.7. The van der Waals surface area contributed by atoms with Gasteiger partial charge < -0.3 is 39.0 Å². The molecule has 13 atom stereocenters. The number of nitrogens with zero attached hydrogens (tertiary/aromatic N) is 3. The third-order valence-electron chi connectivity index (χ3n) is 12.3. The number of likely N-dealkylation sites (N-methyl/N-ethyl adjacent to an activating group) is 1. The lowest BCUT2D eigenvalue weighted by atomic mass is 9.73. The lowest BCUT2D eigenvalue weighted by Gasteiger charge is -2.47. The van der Waals surface area contributed by atoms with Crippen molar-refractivity contribution in [3.05, 3.63) is 35.4 Å². The van der Waals surface area contributed by atoms with Crippen LogP contribution in [0.25, 0.3) is 0 Å². The van der Waals surface area contributed by atoms with E-state index < -0.39 is 107 Å². The summed E-state index contributed by atoms with van der Waals surface area (Å²) in [7, 11) is 3.60. The lowest BCUT2D eigenvalue weighted by molar-refractivity contribution is -0.292. The van der Waals surface area contributed by atoms with E-state index in [0.717, 1.165) is 12.1 Å². The highest BCUT2D eigenvalue weighted by atomic mass is 19.2. The van der Waals surface area contributed by atoms with Gasteiger partial charge in [-0.1, -0.05) is 33.8 Å². The molecular formula is C41H58F2N4O11. The van der Waals surface area contributed by atoms with Crippen LogP contribution in [-0.2, 0) is 44.6 Å². The Labute approximate surface area is 338 Å². The first-order valence-electron chi connectivity index (χ1n) is 20.0. The predicted molar refractivity (Wildman–Crippen MR) is 205 cm³/mol. The topological polar surface area (TPSA) is 183 Å². The molecule has 1 aromatic rings. The van der Waals surface area contributed by atoms with Crippen LogP contribution in [0.1, 0.15) is 80.2 Å². The highest BCUT2D eigenvalue weighted by molar-refractivity contribution is 6.00. The van der Waals surface area contributed by atoms with Crippen molar-refractivity contribution in [3.8, 4) is 0 Å². The second kappa shape index (κ2) is 17.7. The van der Waals surface area contributed by atoms with Crippen LogP contribution in [0.5, 0.6) is 0 Å². The fourth-order valence-electron chi connectivity index (χ4n) is 9.16. The van der Waals surface area contributed by atoms with E-state index in [0.29, 0.717) is 12.0 Å². The van der Waals surface area contributed by atoms with Crippen molar-refractivity contribution in [2.45, 2.75) is 135 Å². The van der Waals surface area contributed by atoms with Gasteiger partial charge in [0.25, 0.3) is 0 Å². The molecule has 15 nitrogen and oxygen atoms in total. The van der Waals surface area contributed by atoms with E-state index in [2.05, 4.69) is 10.3 Å². The molecule has 58 heavy (non-hydrogen) atoms. The van der Waals surface area contributed by atoms with Crippen LogP contribution >= 0.6 is 0 Å². The van der Waals surface area contributed by atoms with Crippen LogP contribution in [0, 0.1) is 35.3 Å². The van der Waals surface area contributed by atoms with Gasteiger partial charge in [0.15, 0.2) is 29.3 Å². The number of aliphatic imine (C=N–C) groups is 1. The van der Waals surface area contributed by atoms with Gasteiger partial charge in [0, 0.05) is 23.8 Å². The zero-order valence-corrected chi connectivity index (χ0v) is 35.0. The Bertz CT molecular complexity index is 1780. The second-order valence-corrected chi connectivity index (χ2v) is 17.0. The molecule has 0 radical (unpaired) electrons. The summed E-state index contributed by atoms with van der Waals surface area (Å²) >= 11 is 0. The van der Waals surface area contributed by atoms with Crippen LogP contribution < -0.4 is 5.32 Å². The minimum Gasteiger partial charge on any atom is -0.458 e. The number of fused-ring (bicyclic) bond motifs is 4. The number of esters is 1. The number of hydrogen-bond acceptors (Lipinski definition) is 13. The smallest absolute Gasteiger partial charge is 0.411 e. The van der Waals surface area contributed by atoms with Crippen molar-refractivity contribution in [1.82, 2.24) is 15.1 Å². The molecule has 2 N–H and O–H groups in total. The molecule has 4 heterocycles. The molecule has 2 bridgehead atoms. The minimum atomic E-state index is -1.80. The van der Waals surface area contributed by atoms with Crippen LogP contribution in [0.15, 0.2) is 23.2 Å². The lowest BCUT2D eigenvalue weighted by Crippen LogP contribution is -2.60. The van der Waals surface area contributed by atoms with Gasteiger partial charge in [-0.05, 0) is 78.7 Å². The van der Waals surface area contributed by atoms with Crippen LogP contribution in [0.4, 0.5) is 18.4 Å². The molecule has 0 unspecified atom stereocenters. The van der Waals surface area contributed by atoms with Crippen LogP contribution in [-0.4, -0.2) is 132 Å². The number of nitrogens with one attached hydrogen (secondary N) is 1. The summed E-state index contributed by atoms with van der Waals surface area (Å²) in [6.07, 6.45) is -6.85. The first-order valence-corrected chi connectivity index (χ1v) is 20.0. The van der Waals surface area contributed by atoms with Gasteiger partial charge >= 0.3 is 18.2 Å². The van der Waals surface area contributed by atoms with Crippen LogP contribution in [0.2, 0.25) is 0 Å². The number of aliphatic hydroxyl groups excluding tert-OH is 1. The Morgan fingerprint density at radius 1 is 1.00 bits per heavy atom. The number of Topliss-reactive ketones (excluding diaryl/α,β-unsaturated/α-hetero) is 2. The number of carbonyl (C=O) groups is 5. The Morgan fingerprint density at radius 3 is 2.33 bits per heavy atom. The Kier molecular flexibility index (Phi) is 13.7. The SMILES string of the molecule is CC[C@H]1OC(=O)[C@H](C)C(=O)[C@H](C)[C@@H](O[C@@H]2O[C@H](C)C[C@H](N(C)C)[C@H]2O)[C@@]2(C)C[C@@H](C)C(=O)[C@H](C)[C@@H]3N(CC(=NCc4ccc(F)c(F)c4)CNC(=O)O2)C(=O)O[C@@]31C. The third kappa shape index (κ3) is 9.06. The van der Waals surface area contributed by atoms with Gasteiger partial charge in [-0.2, -0.15) is 0 Å². The van der Waals surface area contributed by atoms with Gasteiger partial charge in [0.1, 0.15) is 35.6 Å². The summed E-state index contributed by atoms with van der Waals surface area (Å²) in [5, 5.41) is 14.2. The minimum absolute atomic E-state index is 0.139. The fraction of sp³-hybridized carbons (Fsp3) is 0.707. The summed E-state index contributed by atoms with van der Waals surface area (Å²) in [5.41, 5.74) is -2.92. The molecule has 1 aromatic carbocycles. The molecule has 0 aromatic heterocycles. The fourth-order valence-corrected chi connectivity index (χ4v) is 9.16. The number of ketones is 2. The normalized spacial score (nSPS) is 38.8. The molecule has 4 aliphatic heterocycles. The molecule has 2 amide bonds. The number of ether oxygens (including phenoxy) is 5. The molecule has 17 heteroatoms. The van der Waals surface area contributed by atoms with Gasteiger partial charge in [0.2, 0.25) is 0 Å². The Hall–Kier alpha value is -4.06. The zero-order valence-electron chi connectivity index (χ0n) is 35.0. The number of hydrogen-bond donors (Lipinski definition) is 2. The molecule has 0 spiro atoms. The number of carbonyl (C=O) groups excluding carboxylic acids is 5. The highest BCUT2D eigenvalue weighted by Crippen LogP contribution is 2.43. The molecule has 0 saturated carbocycles. The Morgan fingerprint density at radius 2 is 1.69 bits per heavy atom. The Balaban J connectivity index is 1.69. The number of halogens is 2. The maximum absolute atomic E-state index is 14.7. The highest BCUT2D eigenvalue weighted by Gasteiger charge is 2.61. The van der Waals surface area contributed by atoms with Crippen molar-refractivity contribution in [1.29, 1.82) is 0 Å². The van der Waals surface area contributed by atoms with E-state index in [-0.39, 0.29) is 50.1 Å². The van der Waals surface area contributed by atoms with E-state index >= 15 is 0 Å². The first kappa shape index (κ1) is 45.0. The van der Waals surface area contributed by atoms with Gasteiger partial charge in [-0.15, -0.1) is 0 Å². The summed E-state index contributed by atoms with van der Waals surface area (Å²) in [6.45, 7) is 12.1. The van der Waals surface area contributed by atoms with E-state index in [1.807, 2.05) is 11.8 Å². The van der Waals surface area contributed by atoms with Crippen molar-refractivity contribution in [2.24, 2.45) is 28.7 Å². The van der Waals surface area contributed by atoms with Gasteiger partial charge in [-0.25, -0.2) is 18.4 Å². The van der Waals surface area contributed by atoms with E-state index in [1.165, 1.54) is 31.7 Å². The molecule has 5 rings (SSSR count). The third-order valence-corrected chi connectivity index (χ3v) is 12.3. The average molecular weight is 821 g/mol. The van der Waals surface area contributed by atoms with Crippen molar-refractivity contribution < 1.29 is 61.5 Å².